The number of amides is 2. The number of rotatable bonds is 8. The molecule has 1 fully saturated rings. The Bertz CT molecular complexity index is 686. The zero-order chi connectivity index (χ0) is 17.5. The van der Waals surface area contributed by atoms with Gasteiger partial charge in [0, 0.05) is 19.2 Å². The summed E-state index contributed by atoms with van der Waals surface area (Å²) in [5.74, 6) is 1.35. The average molecular weight is 340 g/mol. The molecule has 0 saturated heterocycles. The maximum absolute atomic E-state index is 12.7. The number of ether oxygens (including phenoxy) is 1. The number of anilines is 1. The Labute approximate surface area is 148 Å². The lowest BCUT2D eigenvalue weighted by Gasteiger charge is -2.23. The Kier molecular flexibility index (Phi) is 5.90. The van der Waals surface area contributed by atoms with Crippen LogP contribution in [0.4, 0.5) is 10.5 Å². The number of hydrogen-bond acceptors (Lipinski definition) is 3. The van der Waals surface area contributed by atoms with E-state index in [1.165, 1.54) is 0 Å². The molecule has 0 aromatic heterocycles. The molecule has 2 amide bonds. The van der Waals surface area contributed by atoms with E-state index in [1.807, 2.05) is 59.5 Å². The van der Waals surface area contributed by atoms with Crippen LogP contribution in [-0.4, -0.2) is 35.2 Å². The maximum Gasteiger partial charge on any atom is 0.322 e. The Balaban J connectivity index is 1.68. The minimum Gasteiger partial charge on any atom is -0.455 e. The van der Waals surface area contributed by atoms with Crippen molar-refractivity contribution in [1.82, 2.24) is 4.90 Å². The van der Waals surface area contributed by atoms with Gasteiger partial charge in [0.15, 0.2) is 5.75 Å². The van der Waals surface area contributed by atoms with Crippen LogP contribution in [0, 0.1) is 0 Å². The molecule has 0 bridgehead atoms. The summed E-state index contributed by atoms with van der Waals surface area (Å²) in [6.45, 7) is 0.826. The number of aliphatic hydroxyl groups is 1. The smallest absolute Gasteiger partial charge is 0.322 e. The molecule has 3 rings (SSSR count). The van der Waals surface area contributed by atoms with E-state index in [0.29, 0.717) is 30.4 Å². The van der Waals surface area contributed by atoms with Gasteiger partial charge in [0.2, 0.25) is 0 Å². The predicted molar refractivity (Wildman–Crippen MR) is 98.0 cm³/mol. The van der Waals surface area contributed by atoms with Crippen LogP contribution in [0.5, 0.6) is 11.5 Å². The van der Waals surface area contributed by atoms with Gasteiger partial charge >= 0.3 is 6.03 Å². The van der Waals surface area contributed by atoms with E-state index in [9.17, 15) is 4.79 Å². The highest BCUT2D eigenvalue weighted by atomic mass is 16.5. The second-order valence-electron chi connectivity index (χ2n) is 6.20. The minimum absolute atomic E-state index is 0.107. The monoisotopic (exact) mass is 340 g/mol. The van der Waals surface area contributed by atoms with Crippen LogP contribution in [0.3, 0.4) is 0 Å². The van der Waals surface area contributed by atoms with Gasteiger partial charge in [0.1, 0.15) is 5.75 Å². The van der Waals surface area contributed by atoms with Gasteiger partial charge in [-0.15, -0.1) is 0 Å². The molecule has 1 aliphatic carbocycles. The number of hydrogen-bond donors (Lipinski definition) is 2. The first-order valence-corrected chi connectivity index (χ1v) is 8.78. The summed E-state index contributed by atoms with van der Waals surface area (Å²) in [5, 5.41) is 11.9. The van der Waals surface area contributed by atoms with E-state index >= 15 is 0 Å². The summed E-state index contributed by atoms with van der Waals surface area (Å²) < 4.78 is 5.90. The van der Waals surface area contributed by atoms with Crippen LogP contribution in [0.15, 0.2) is 54.6 Å². The summed E-state index contributed by atoms with van der Waals surface area (Å²) in [6, 6.07) is 17.2. The van der Waals surface area contributed by atoms with Gasteiger partial charge < -0.3 is 20.1 Å². The highest BCUT2D eigenvalue weighted by molar-refractivity contribution is 5.91. The molecule has 1 aliphatic rings. The molecule has 0 atom stereocenters. The predicted octanol–water partition coefficient (Wildman–Crippen LogP) is 4.25. The molecule has 5 heteroatoms. The Morgan fingerprint density at radius 1 is 1.08 bits per heavy atom. The van der Waals surface area contributed by atoms with Crippen molar-refractivity contribution in [3.63, 3.8) is 0 Å². The third kappa shape index (κ3) is 4.97. The molecular formula is C20H24N2O3. The fraction of sp³-hybridized carbons (Fsp3) is 0.350. The van der Waals surface area contributed by atoms with Crippen molar-refractivity contribution in [3.05, 3.63) is 54.6 Å². The van der Waals surface area contributed by atoms with Gasteiger partial charge in [-0.2, -0.15) is 0 Å². The SMILES string of the molecule is O=C(Nc1ccccc1Oc1ccccc1)N(CCCCO)C1CC1. The lowest BCUT2D eigenvalue weighted by atomic mass is 10.2. The summed E-state index contributed by atoms with van der Waals surface area (Å²) in [7, 11) is 0. The second-order valence-corrected chi connectivity index (χ2v) is 6.20. The van der Waals surface area contributed by atoms with Gasteiger partial charge in [-0.3, -0.25) is 0 Å². The largest absolute Gasteiger partial charge is 0.455 e. The molecule has 0 spiro atoms. The molecule has 25 heavy (non-hydrogen) atoms. The highest BCUT2D eigenvalue weighted by Gasteiger charge is 2.32. The highest BCUT2D eigenvalue weighted by Crippen LogP contribution is 2.31. The molecule has 0 radical (unpaired) electrons. The molecule has 1 saturated carbocycles. The fourth-order valence-corrected chi connectivity index (χ4v) is 2.69. The lowest BCUT2D eigenvalue weighted by molar-refractivity contribution is 0.204. The summed E-state index contributed by atoms with van der Waals surface area (Å²) >= 11 is 0. The third-order valence-electron chi connectivity index (χ3n) is 4.16. The first-order valence-electron chi connectivity index (χ1n) is 8.78. The van der Waals surface area contributed by atoms with Crippen LogP contribution in [-0.2, 0) is 0 Å². The van der Waals surface area contributed by atoms with E-state index in [0.717, 1.165) is 25.0 Å². The first-order chi connectivity index (χ1) is 12.3. The fourth-order valence-electron chi connectivity index (χ4n) is 2.69. The zero-order valence-electron chi connectivity index (χ0n) is 14.2. The van der Waals surface area contributed by atoms with Crippen molar-refractivity contribution < 1.29 is 14.6 Å². The first kappa shape index (κ1) is 17.3. The normalized spacial score (nSPS) is 13.3. The summed E-state index contributed by atoms with van der Waals surface area (Å²) in [6.07, 6.45) is 3.62. The number of carbonyl (C=O) groups excluding carboxylic acids is 1. The van der Waals surface area contributed by atoms with E-state index in [2.05, 4.69) is 5.32 Å². The number of para-hydroxylation sites is 3. The second kappa shape index (κ2) is 8.53. The third-order valence-corrected chi connectivity index (χ3v) is 4.16. The number of nitrogens with one attached hydrogen (secondary N) is 1. The van der Waals surface area contributed by atoms with E-state index < -0.39 is 0 Å². The number of urea groups is 1. The van der Waals surface area contributed by atoms with Crippen LogP contribution in [0.25, 0.3) is 0 Å². The number of benzene rings is 2. The van der Waals surface area contributed by atoms with Gasteiger partial charge in [0.25, 0.3) is 0 Å². The van der Waals surface area contributed by atoms with Crippen LogP contribution >= 0.6 is 0 Å². The molecule has 2 N–H and O–H groups in total. The summed E-state index contributed by atoms with van der Waals surface area (Å²) in [5.41, 5.74) is 0.657. The number of unbranched alkanes of at least 4 members (excludes halogenated alkanes) is 1. The Morgan fingerprint density at radius 3 is 2.52 bits per heavy atom. The van der Waals surface area contributed by atoms with Crippen molar-refractivity contribution in [3.8, 4) is 11.5 Å². The summed E-state index contributed by atoms with van der Waals surface area (Å²) in [4.78, 5) is 14.6. The molecule has 2 aromatic rings. The van der Waals surface area contributed by atoms with Crippen molar-refractivity contribution in [2.45, 2.75) is 31.7 Å². The molecule has 5 nitrogen and oxygen atoms in total. The van der Waals surface area contributed by atoms with Gasteiger partial charge in [-0.05, 0) is 49.9 Å². The van der Waals surface area contributed by atoms with Gasteiger partial charge in [0.05, 0.1) is 5.69 Å². The number of nitrogens with zero attached hydrogens (tertiary/aromatic N) is 1. The van der Waals surface area contributed by atoms with E-state index in [4.69, 9.17) is 9.84 Å². The van der Waals surface area contributed by atoms with E-state index in [1.54, 1.807) is 0 Å². The molecule has 2 aromatic carbocycles. The quantitative estimate of drug-likeness (QED) is 0.706. The molecule has 132 valence electrons. The van der Waals surface area contributed by atoms with Crippen LogP contribution < -0.4 is 10.1 Å². The van der Waals surface area contributed by atoms with Gasteiger partial charge in [-0.1, -0.05) is 30.3 Å². The lowest BCUT2D eigenvalue weighted by Crippen LogP contribution is -2.37. The molecule has 0 unspecified atom stereocenters. The Hall–Kier alpha value is -2.53. The zero-order valence-corrected chi connectivity index (χ0v) is 14.2. The van der Waals surface area contributed by atoms with E-state index in [-0.39, 0.29) is 12.6 Å². The number of carbonyl (C=O) groups is 1. The average Bonchev–Trinajstić information content (AvgIpc) is 3.46. The Morgan fingerprint density at radius 2 is 1.80 bits per heavy atom. The topological polar surface area (TPSA) is 61.8 Å². The molecular weight excluding hydrogens is 316 g/mol. The van der Waals surface area contributed by atoms with Crippen molar-refractivity contribution in [2.75, 3.05) is 18.5 Å². The standard InChI is InChI=1S/C20H24N2O3/c23-15-7-6-14-22(16-12-13-16)20(24)21-18-10-4-5-11-19(18)25-17-8-2-1-3-9-17/h1-5,8-11,16,23H,6-7,12-15H2,(H,21,24). The maximum atomic E-state index is 12.7. The minimum atomic E-state index is -0.107. The van der Waals surface area contributed by atoms with Crippen molar-refractivity contribution in [2.24, 2.45) is 0 Å². The van der Waals surface area contributed by atoms with Crippen molar-refractivity contribution in [1.29, 1.82) is 0 Å². The van der Waals surface area contributed by atoms with Crippen LogP contribution in [0.1, 0.15) is 25.7 Å². The molecule has 0 aliphatic heterocycles. The van der Waals surface area contributed by atoms with Gasteiger partial charge in [-0.25, -0.2) is 4.79 Å². The van der Waals surface area contributed by atoms with Crippen molar-refractivity contribution >= 4 is 11.7 Å². The molecule has 0 heterocycles. The van der Waals surface area contributed by atoms with Crippen LogP contribution in [0.2, 0.25) is 0 Å². The number of aliphatic hydroxyl groups excluding tert-OH is 1.